The smallest absolute Gasteiger partial charge is 0.164 e. The largest absolute Gasteiger partial charge is 0.491 e. The minimum Gasteiger partial charge on any atom is -0.491 e. The Hall–Kier alpha value is -0.740. The van der Waals surface area contributed by atoms with Gasteiger partial charge in [-0.25, -0.2) is 18.7 Å². The van der Waals surface area contributed by atoms with Gasteiger partial charge in [0.15, 0.2) is 5.65 Å². The summed E-state index contributed by atoms with van der Waals surface area (Å²) >= 11 is 9.64. The van der Waals surface area contributed by atoms with Gasteiger partial charge in [0.1, 0.15) is 40.9 Å². The number of pyridine rings is 1. The van der Waals surface area contributed by atoms with Crippen molar-refractivity contribution in [3.05, 3.63) is 46.7 Å². The van der Waals surface area contributed by atoms with Crippen molar-refractivity contribution < 1.29 is 18.3 Å². The first-order chi connectivity index (χ1) is 13.0. The molecule has 11 heteroatoms. The number of ether oxygens (including phenoxy) is 2. The molecular weight excluding hydrogens is 530 g/mol. The maximum atomic E-state index is 14.3. The Labute approximate surface area is 178 Å². The molecule has 144 valence electrons. The topological polar surface area (TPSA) is 49.2 Å². The number of thioether (sulfide) groups is 1. The van der Waals surface area contributed by atoms with Crippen LogP contribution >= 0.6 is 51.8 Å². The summed E-state index contributed by atoms with van der Waals surface area (Å²) in [6.45, 7) is 0.552. The summed E-state index contributed by atoms with van der Waals surface area (Å²) in [6, 6.07) is 4.04. The molecule has 0 saturated heterocycles. The van der Waals surface area contributed by atoms with Crippen molar-refractivity contribution in [3.63, 3.8) is 0 Å². The number of hydrogen-bond donors (Lipinski definition) is 0. The fraction of sp³-hybridized carbons (Fsp3) is 0.250. The predicted molar refractivity (Wildman–Crippen MR) is 114 cm³/mol. The van der Waals surface area contributed by atoms with Crippen LogP contribution in [0.2, 0.25) is 5.02 Å². The van der Waals surface area contributed by atoms with Crippen LogP contribution < -0.4 is 4.74 Å². The molecule has 0 N–H and O–H groups in total. The van der Waals surface area contributed by atoms with Gasteiger partial charge >= 0.3 is 0 Å². The SMILES string of the molecule is COCCOc1cc(F)c(CSc2nc3c(cc2Cl)ncn3PI)c(F)c1. The minimum atomic E-state index is -0.675. The zero-order chi connectivity index (χ0) is 19.4. The zero-order valence-corrected chi connectivity index (χ0v) is 18.7. The molecule has 1 unspecified atom stereocenters. The van der Waals surface area contributed by atoms with Crippen molar-refractivity contribution in [2.24, 2.45) is 0 Å². The summed E-state index contributed by atoms with van der Waals surface area (Å²) in [5.74, 6) is -1.17. The van der Waals surface area contributed by atoms with Crippen LogP contribution in [0.5, 0.6) is 5.75 Å². The standard InChI is InChI=1S/C16H14ClF2IN3O2PS/c1-24-2-3-25-9-4-12(18)10(13(19)5-9)7-27-16-11(17)6-14-15(22-16)23(26-20)8-21-14/h4-6,8,26H,2-3,7H2,1H3. The third-order valence-corrected chi connectivity index (χ3v) is 7.05. The molecule has 0 spiro atoms. The van der Waals surface area contributed by atoms with Crippen molar-refractivity contribution in [1.82, 2.24) is 14.3 Å². The van der Waals surface area contributed by atoms with Crippen molar-refractivity contribution in [3.8, 4) is 5.75 Å². The first kappa shape index (κ1) is 21.0. The van der Waals surface area contributed by atoms with E-state index in [1.807, 2.05) is 4.34 Å². The van der Waals surface area contributed by atoms with Gasteiger partial charge in [-0.1, -0.05) is 23.4 Å². The summed E-state index contributed by atoms with van der Waals surface area (Å²) < 4.78 is 40.6. The summed E-state index contributed by atoms with van der Waals surface area (Å²) in [5.41, 5.74) is 1.32. The Morgan fingerprint density at radius 3 is 2.67 bits per heavy atom. The Balaban J connectivity index is 1.78. The van der Waals surface area contributed by atoms with E-state index >= 15 is 0 Å². The van der Waals surface area contributed by atoms with E-state index in [-0.39, 0.29) is 23.7 Å². The average molecular weight is 544 g/mol. The van der Waals surface area contributed by atoms with E-state index < -0.39 is 11.6 Å². The molecule has 1 atom stereocenters. The van der Waals surface area contributed by atoms with E-state index in [0.717, 1.165) is 0 Å². The normalized spacial score (nSPS) is 11.7. The average Bonchev–Trinajstić information content (AvgIpc) is 3.03. The lowest BCUT2D eigenvalue weighted by atomic mass is 10.2. The fourth-order valence-corrected chi connectivity index (χ4v) is 4.87. The summed E-state index contributed by atoms with van der Waals surface area (Å²) in [6.07, 6.45) is 2.13. The van der Waals surface area contributed by atoms with E-state index in [0.29, 0.717) is 34.2 Å². The highest BCUT2D eigenvalue weighted by molar-refractivity contribution is 14.2. The molecule has 3 aromatic rings. The summed E-state index contributed by atoms with van der Waals surface area (Å²) in [7, 11) is 1.52. The molecule has 3 rings (SSSR count). The summed E-state index contributed by atoms with van der Waals surface area (Å²) in [5, 5.41) is 0.898. The maximum Gasteiger partial charge on any atom is 0.164 e. The molecule has 0 radical (unpaired) electrons. The molecule has 0 amide bonds. The van der Waals surface area contributed by atoms with Gasteiger partial charge in [0.25, 0.3) is 0 Å². The molecular formula is C16H14ClF2IN3O2PS. The molecule has 1 aromatic carbocycles. The van der Waals surface area contributed by atoms with Crippen LogP contribution in [0, 0.1) is 11.6 Å². The lowest BCUT2D eigenvalue weighted by Crippen LogP contribution is -2.05. The van der Waals surface area contributed by atoms with E-state index in [2.05, 4.69) is 32.0 Å². The van der Waals surface area contributed by atoms with Crippen LogP contribution in [0.25, 0.3) is 11.2 Å². The van der Waals surface area contributed by atoms with E-state index in [1.54, 1.807) is 12.4 Å². The van der Waals surface area contributed by atoms with E-state index in [1.165, 1.54) is 31.0 Å². The van der Waals surface area contributed by atoms with Crippen LogP contribution in [-0.2, 0) is 10.5 Å². The monoisotopic (exact) mass is 543 g/mol. The Bertz CT molecular complexity index is 940. The molecule has 2 aromatic heterocycles. The van der Waals surface area contributed by atoms with Crippen LogP contribution in [0.15, 0.2) is 29.6 Å². The van der Waals surface area contributed by atoms with Crippen molar-refractivity contribution in [2.45, 2.75) is 10.8 Å². The third kappa shape index (κ3) is 5.00. The van der Waals surface area contributed by atoms with Gasteiger partial charge in [0.2, 0.25) is 0 Å². The van der Waals surface area contributed by atoms with Gasteiger partial charge in [-0.3, -0.25) is 4.34 Å². The van der Waals surface area contributed by atoms with Crippen LogP contribution in [-0.4, -0.2) is 34.6 Å². The molecule has 0 aliphatic carbocycles. The van der Waals surface area contributed by atoms with Gasteiger partial charge < -0.3 is 9.47 Å². The maximum absolute atomic E-state index is 14.3. The Morgan fingerprint density at radius 2 is 2.00 bits per heavy atom. The second-order valence-corrected chi connectivity index (χ2v) is 8.78. The minimum absolute atomic E-state index is 0.0505. The van der Waals surface area contributed by atoms with Crippen LogP contribution in [0.1, 0.15) is 5.56 Å². The zero-order valence-electron chi connectivity index (χ0n) is 14.0. The van der Waals surface area contributed by atoms with Crippen molar-refractivity contribution in [1.29, 1.82) is 0 Å². The highest BCUT2D eigenvalue weighted by Crippen LogP contribution is 2.35. The van der Waals surface area contributed by atoms with Crippen molar-refractivity contribution in [2.75, 3.05) is 20.3 Å². The molecule has 2 heterocycles. The number of methoxy groups -OCH3 is 1. The lowest BCUT2D eigenvalue weighted by Gasteiger charge is -2.10. The second-order valence-electron chi connectivity index (χ2n) is 5.31. The van der Waals surface area contributed by atoms with Crippen LogP contribution in [0.3, 0.4) is 0 Å². The molecule has 0 aliphatic heterocycles. The Morgan fingerprint density at radius 1 is 1.26 bits per heavy atom. The van der Waals surface area contributed by atoms with Gasteiger partial charge in [-0.05, 0) is 28.1 Å². The number of benzene rings is 1. The van der Waals surface area contributed by atoms with Crippen molar-refractivity contribution >= 4 is 62.9 Å². The quantitative estimate of drug-likeness (QED) is 0.163. The van der Waals surface area contributed by atoms with Gasteiger partial charge in [0, 0.05) is 30.6 Å². The predicted octanol–water partition coefficient (Wildman–Crippen LogP) is 5.47. The van der Waals surface area contributed by atoms with E-state index in [4.69, 9.17) is 21.1 Å². The number of fused-ring (bicyclic) bond motifs is 1. The number of hydrogen-bond acceptors (Lipinski definition) is 5. The third-order valence-electron chi connectivity index (χ3n) is 3.56. The molecule has 27 heavy (non-hydrogen) atoms. The first-order valence-corrected chi connectivity index (χ1v) is 13.1. The number of imidazole rings is 1. The molecule has 0 fully saturated rings. The van der Waals surface area contributed by atoms with Gasteiger partial charge in [-0.15, -0.1) is 0 Å². The molecule has 0 saturated carbocycles. The van der Waals surface area contributed by atoms with E-state index in [9.17, 15) is 8.78 Å². The number of aromatic nitrogens is 3. The molecule has 0 bridgehead atoms. The highest BCUT2D eigenvalue weighted by Gasteiger charge is 2.15. The molecule has 5 nitrogen and oxygen atoms in total. The first-order valence-electron chi connectivity index (χ1n) is 7.66. The summed E-state index contributed by atoms with van der Waals surface area (Å²) in [4.78, 5) is 8.74. The fourth-order valence-electron chi connectivity index (χ4n) is 2.25. The Kier molecular flexibility index (Phi) is 7.49. The number of halogens is 4. The lowest BCUT2D eigenvalue weighted by molar-refractivity contribution is 0.146. The van der Waals surface area contributed by atoms with Crippen LogP contribution in [0.4, 0.5) is 8.78 Å². The highest BCUT2D eigenvalue weighted by atomic mass is 127. The number of nitrogens with zero attached hydrogens (tertiary/aromatic N) is 3. The molecule has 0 aliphatic rings. The van der Waals surface area contributed by atoms with Gasteiger partial charge in [-0.2, -0.15) is 0 Å². The van der Waals surface area contributed by atoms with Gasteiger partial charge in [0.05, 0.1) is 18.0 Å². The number of rotatable bonds is 8. The second kappa shape index (κ2) is 9.65.